The first-order valence-corrected chi connectivity index (χ1v) is 15.4. The Morgan fingerprint density at radius 2 is 0.952 bits per heavy atom. The van der Waals surface area contributed by atoms with Crippen LogP contribution in [0.3, 0.4) is 0 Å². The van der Waals surface area contributed by atoms with Crippen molar-refractivity contribution in [3.05, 3.63) is 0 Å². The normalized spacial score (nSPS) is 46.1. The van der Waals surface area contributed by atoms with Crippen LogP contribution in [0.2, 0.25) is 0 Å². The van der Waals surface area contributed by atoms with Crippen LogP contribution in [0, 0.1) is 22.2 Å². The molecule has 0 aromatic rings. The van der Waals surface area contributed by atoms with Crippen LogP contribution in [-0.4, -0.2) is 116 Å². The lowest BCUT2D eigenvalue weighted by Gasteiger charge is -2.51. The summed E-state index contributed by atoms with van der Waals surface area (Å²) in [5, 5.41) is 66.0. The molecule has 3 rings (SSSR count). The molecule has 0 aliphatic carbocycles. The molecule has 0 radical (unpaired) electrons. The van der Waals surface area contributed by atoms with Crippen LogP contribution < -0.4 is 0 Å². The van der Waals surface area contributed by atoms with E-state index in [2.05, 4.69) is 0 Å². The third kappa shape index (κ3) is 8.42. The van der Waals surface area contributed by atoms with E-state index in [1.165, 1.54) is 0 Å². The Morgan fingerprint density at radius 1 is 0.524 bits per heavy atom. The predicted molar refractivity (Wildman–Crippen MR) is 154 cm³/mol. The van der Waals surface area contributed by atoms with Crippen molar-refractivity contribution >= 4 is 0 Å². The molecule has 0 aromatic heterocycles. The molecule has 248 valence electrons. The summed E-state index contributed by atoms with van der Waals surface area (Å²) >= 11 is 0. The van der Waals surface area contributed by atoms with E-state index in [9.17, 15) is 30.6 Å². The fourth-order valence-corrected chi connectivity index (χ4v) is 6.13. The molecule has 3 saturated heterocycles. The van der Waals surface area contributed by atoms with Gasteiger partial charge in [0.2, 0.25) is 0 Å². The molecule has 15 atom stereocenters. The first-order valence-electron chi connectivity index (χ1n) is 15.4. The molecule has 0 bridgehead atoms. The maximum Gasteiger partial charge on any atom is 0.187 e. The number of rotatable bonds is 6. The first-order chi connectivity index (χ1) is 19.0. The summed E-state index contributed by atoms with van der Waals surface area (Å²) in [6.07, 6.45) is -14.4. The summed E-state index contributed by atoms with van der Waals surface area (Å²) < 4.78 is 31.2. The van der Waals surface area contributed by atoms with E-state index in [0.29, 0.717) is 12.8 Å². The number of hydrogen-bond acceptors (Lipinski definition) is 11. The van der Waals surface area contributed by atoms with E-state index in [4.69, 9.17) is 23.7 Å². The van der Waals surface area contributed by atoms with Crippen molar-refractivity contribution in [1.82, 2.24) is 0 Å². The van der Waals surface area contributed by atoms with E-state index in [-0.39, 0.29) is 10.8 Å². The van der Waals surface area contributed by atoms with Gasteiger partial charge in [-0.1, -0.05) is 69.2 Å². The molecule has 6 unspecified atom stereocenters. The molecule has 0 aromatic carbocycles. The summed E-state index contributed by atoms with van der Waals surface area (Å²) in [5.74, 6) is -0.692. The van der Waals surface area contributed by atoms with Gasteiger partial charge in [-0.3, -0.25) is 0 Å². The second-order valence-corrected chi connectivity index (χ2v) is 16.2. The number of hydrogen-bond donors (Lipinski definition) is 6. The van der Waals surface area contributed by atoms with Gasteiger partial charge in [-0.2, -0.15) is 0 Å². The highest BCUT2D eigenvalue weighted by Gasteiger charge is 2.55. The van der Waals surface area contributed by atoms with Crippen molar-refractivity contribution in [1.29, 1.82) is 0 Å². The van der Waals surface area contributed by atoms with Crippen LogP contribution in [-0.2, 0) is 23.7 Å². The monoisotopic (exact) mass is 606 g/mol. The topological polar surface area (TPSA) is 168 Å². The van der Waals surface area contributed by atoms with Crippen molar-refractivity contribution in [2.24, 2.45) is 22.2 Å². The Balaban J connectivity index is 1.95. The third-order valence-electron chi connectivity index (χ3n) is 8.54. The van der Waals surface area contributed by atoms with E-state index in [0.717, 1.165) is 0 Å². The van der Waals surface area contributed by atoms with E-state index in [1.54, 1.807) is 13.8 Å². The van der Waals surface area contributed by atoms with E-state index < -0.39 is 97.2 Å². The predicted octanol–water partition coefficient (Wildman–Crippen LogP) is 1.71. The SMILES string of the molecule is CC1O[C@@H](C(C)(C)C)C(O[C@@H]2OC(CC(C)(C)C)[C@@H](O)[C@@H](O)C2O[C@@H]2OC(CC(C)(C)C)[C@@H](O)[C@@H](O)C2C)[C@@H](O)[C@H]1O. The molecular formula is C31H58O11. The van der Waals surface area contributed by atoms with Gasteiger partial charge in [0.05, 0.1) is 30.5 Å². The minimum atomic E-state index is -1.48. The smallest absolute Gasteiger partial charge is 0.187 e. The lowest BCUT2D eigenvalue weighted by Crippen LogP contribution is -2.66. The summed E-state index contributed by atoms with van der Waals surface area (Å²) in [4.78, 5) is 0. The number of aliphatic hydroxyl groups excluding tert-OH is 6. The van der Waals surface area contributed by atoms with Gasteiger partial charge in [0.25, 0.3) is 0 Å². The lowest BCUT2D eigenvalue weighted by atomic mass is 9.80. The molecule has 42 heavy (non-hydrogen) atoms. The zero-order valence-corrected chi connectivity index (χ0v) is 27.3. The van der Waals surface area contributed by atoms with Gasteiger partial charge in [-0.25, -0.2) is 0 Å². The van der Waals surface area contributed by atoms with Gasteiger partial charge >= 0.3 is 0 Å². The van der Waals surface area contributed by atoms with Gasteiger partial charge in [-0.15, -0.1) is 0 Å². The second-order valence-electron chi connectivity index (χ2n) is 16.2. The molecule has 0 spiro atoms. The molecule has 3 fully saturated rings. The van der Waals surface area contributed by atoms with Gasteiger partial charge in [0, 0.05) is 5.92 Å². The fraction of sp³-hybridized carbons (Fsp3) is 1.00. The molecule has 3 heterocycles. The van der Waals surface area contributed by atoms with Gasteiger partial charge in [-0.05, 0) is 36.0 Å². The molecule has 11 heteroatoms. The van der Waals surface area contributed by atoms with E-state index in [1.807, 2.05) is 62.3 Å². The average molecular weight is 607 g/mol. The van der Waals surface area contributed by atoms with Crippen LogP contribution in [0.25, 0.3) is 0 Å². The molecule has 0 amide bonds. The minimum absolute atomic E-state index is 0.219. The van der Waals surface area contributed by atoms with Gasteiger partial charge in [0.1, 0.15) is 42.7 Å². The van der Waals surface area contributed by atoms with Crippen molar-refractivity contribution < 1.29 is 54.3 Å². The quantitative estimate of drug-likeness (QED) is 0.260. The summed E-state index contributed by atoms with van der Waals surface area (Å²) in [6.45, 7) is 21.1. The first kappa shape index (κ1) is 36.0. The molecule has 6 N–H and O–H groups in total. The Labute approximate surface area is 251 Å². The molecule has 3 aliphatic heterocycles. The maximum absolute atomic E-state index is 11.4. The Kier molecular flexibility index (Phi) is 11.3. The van der Waals surface area contributed by atoms with Crippen molar-refractivity contribution in [2.75, 3.05) is 0 Å². The minimum Gasteiger partial charge on any atom is -0.390 e. The Hall–Kier alpha value is -0.440. The number of aliphatic hydroxyl groups is 6. The van der Waals surface area contributed by atoms with Crippen LogP contribution >= 0.6 is 0 Å². The zero-order valence-electron chi connectivity index (χ0n) is 27.3. The van der Waals surface area contributed by atoms with Crippen molar-refractivity contribution in [3.8, 4) is 0 Å². The van der Waals surface area contributed by atoms with E-state index >= 15 is 0 Å². The molecular weight excluding hydrogens is 548 g/mol. The summed E-state index contributed by atoms with van der Waals surface area (Å²) in [7, 11) is 0. The highest BCUT2D eigenvalue weighted by molar-refractivity contribution is 4.99. The standard InChI is InChI=1S/C31H58O11/c1-14-18(32)20(34)16(12-29(3,4)5)39-27(14)42-25-23(37)21(35)17(13-30(6,7)8)40-28(25)41-24-22(36)19(33)15(2)38-26(24)31(9,10)11/h14-28,32-37H,12-13H2,1-11H3/t14?,15?,16?,17?,18-,19-,20+,21+,22-,23+,24?,25?,26+,27-,28-/m0/s1. The van der Waals surface area contributed by atoms with Crippen LogP contribution in [0.1, 0.15) is 89.0 Å². The molecule has 11 nitrogen and oxygen atoms in total. The lowest BCUT2D eigenvalue weighted by molar-refractivity contribution is -0.379. The zero-order chi connectivity index (χ0) is 32.1. The molecule has 3 aliphatic rings. The van der Waals surface area contributed by atoms with Gasteiger partial charge in [0.15, 0.2) is 12.6 Å². The van der Waals surface area contributed by atoms with Crippen LogP contribution in [0.4, 0.5) is 0 Å². The highest BCUT2D eigenvalue weighted by Crippen LogP contribution is 2.40. The van der Waals surface area contributed by atoms with Gasteiger partial charge < -0.3 is 54.3 Å². The second kappa shape index (κ2) is 13.1. The largest absolute Gasteiger partial charge is 0.390 e. The highest BCUT2D eigenvalue weighted by atomic mass is 16.8. The van der Waals surface area contributed by atoms with Crippen LogP contribution in [0.15, 0.2) is 0 Å². The number of ether oxygens (including phenoxy) is 5. The summed E-state index contributed by atoms with van der Waals surface area (Å²) in [6, 6.07) is 0. The molecule has 0 saturated carbocycles. The summed E-state index contributed by atoms with van der Waals surface area (Å²) in [5.41, 5.74) is -0.990. The Morgan fingerprint density at radius 3 is 1.43 bits per heavy atom. The Bertz CT molecular complexity index is 864. The third-order valence-corrected chi connectivity index (χ3v) is 8.54. The average Bonchev–Trinajstić information content (AvgIpc) is 2.83. The maximum atomic E-state index is 11.4. The fourth-order valence-electron chi connectivity index (χ4n) is 6.13. The van der Waals surface area contributed by atoms with Crippen LogP contribution in [0.5, 0.6) is 0 Å². The van der Waals surface area contributed by atoms with Crippen molar-refractivity contribution in [3.63, 3.8) is 0 Å². The van der Waals surface area contributed by atoms with Crippen molar-refractivity contribution in [2.45, 2.75) is 175 Å².